The van der Waals surface area contributed by atoms with Crippen molar-refractivity contribution in [3.05, 3.63) is 0 Å². The molecule has 2 N–H and O–H groups in total. The predicted molar refractivity (Wildman–Crippen MR) is 61.1 cm³/mol. The molecule has 1 unspecified atom stereocenters. The van der Waals surface area contributed by atoms with Gasteiger partial charge in [0.15, 0.2) is 5.78 Å². The summed E-state index contributed by atoms with van der Waals surface area (Å²) in [7, 11) is 0. The third-order valence-electron chi connectivity index (χ3n) is 3.02. The third-order valence-corrected chi connectivity index (χ3v) is 3.02. The van der Waals surface area contributed by atoms with Crippen molar-refractivity contribution in [2.45, 2.75) is 59.9 Å². The first-order chi connectivity index (χ1) is 6.30. The molecular formula is C12H25NO. The molecule has 0 amide bonds. The highest BCUT2D eigenvalue weighted by molar-refractivity contribution is 5.85. The zero-order valence-corrected chi connectivity index (χ0v) is 10.3. The molecule has 2 heteroatoms. The normalized spacial score (nSPS) is 14.5. The van der Waals surface area contributed by atoms with Crippen molar-refractivity contribution in [2.24, 2.45) is 17.1 Å². The first-order valence-electron chi connectivity index (χ1n) is 5.59. The average Bonchev–Trinajstić information content (AvgIpc) is 2.13. The highest BCUT2D eigenvalue weighted by atomic mass is 16.1. The van der Waals surface area contributed by atoms with E-state index >= 15 is 0 Å². The fourth-order valence-electron chi connectivity index (χ4n) is 1.29. The van der Waals surface area contributed by atoms with Gasteiger partial charge >= 0.3 is 0 Å². The zero-order chi connectivity index (χ0) is 11.4. The summed E-state index contributed by atoms with van der Waals surface area (Å²) < 4.78 is 0. The summed E-state index contributed by atoms with van der Waals surface area (Å²) in [5.74, 6) is 0.256. The highest BCUT2D eigenvalue weighted by Crippen LogP contribution is 2.26. The van der Waals surface area contributed by atoms with Crippen molar-refractivity contribution in [1.82, 2.24) is 0 Å². The molecule has 0 aliphatic heterocycles. The fraction of sp³-hybridized carbons (Fsp3) is 0.917. The third kappa shape index (κ3) is 4.75. The van der Waals surface area contributed by atoms with Gasteiger partial charge in [0.1, 0.15) is 0 Å². The molecule has 0 fully saturated rings. The number of carbonyl (C=O) groups excluding carboxylic acids is 1. The van der Waals surface area contributed by atoms with Crippen LogP contribution in [0.25, 0.3) is 0 Å². The van der Waals surface area contributed by atoms with Crippen molar-refractivity contribution in [3.63, 3.8) is 0 Å². The molecule has 2 nitrogen and oxygen atoms in total. The van der Waals surface area contributed by atoms with Gasteiger partial charge in [-0.1, -0.05) is 41.0 Å². The van der Waals surface area contributed by atoms with E-state index in [1.807, 2.05) is 13.8 Å². The van der Waals surface area contributed by atoms with E-state index in [9.17, 15) is 4.79 Å². The van der Waals surface area contributed by atoms with Gasteiger partial charge < -0.3 is 5.73 Å². The summed E-state index contributed by atoms with van der Waals surface area (Å²) in [6.45, 7) is 10.4. The molecule has 0 rings (SSSR count). The van der Waals surface area contributed by atoms with Crippen LogP contribution in [0.5, 0.6) is 0 Å². The van der Waals surface area contributed by atoms with Crippen molar-refractivity contribution in [2.75, 3.05) is 0 Å². The van der Waals surface area contributed by atoms with Crippen LogP contribution in [0.3, 0.4) is 0 Å². The zero-order valence-electron chi connectivity index (χ0n) is 10.3. The molecule has 0 aliphatic carbocycles. The Morgan fingerprint density at radius 2 is 1.86 bits per heavy atom. The van der Waals surface area contributed by atoms with Crippen LogP contribution in [0.15, 0.2) is 0 Å². The lowest BCUT2D eigenvalue weighted by atomic mass is 9.83. The average molecular weight is 199 g/mol. The first kappa shape index (κ1) is 13.6. The van der Waals surface area contributed by atoms with Gasteiger partial charge in [0, 0.05) is 5.92 Å². The number of carbonyl (C=O) groups is 1. The summed E-state index contributed by atoms with van der Waals surface area (Å²) in [6, 6.07) is -0.263. The molecule has 0 spiro atoms. The Hall–Kier alpha value is -0.370. The van der Waals surface area contributed by atoms with Crippen LogP contribution in [0, 0.1) is 11.3 Å². The molecule has 0 saturated carbocycles. The highest BCUT2D eigenvalue weighted by Gasteiger charge is 2.21. The smallest absolute Gasteiger partial charge is 0.152 e. The van der Waals surface area contributed by atoms with E-state index in [4.69, 9.17) is 5.73 Å². The number of ketones is 1. The Kier molecular flexibility index (Phi) is 5.35. The Balaban J connectivity index is 3.97. The molecule has 0 saturated heterocycles. The molecule has 0 heterocycles. The Morgan fingerprint density at radius 3 is 2.21 bits per heavy atom. The lowest BCUT2D eigenvalue weighted by molar-refractivity contribution is -0.123. The van der Waals surface area contributed by atoms with Crippen LogP contribution in [0.4, 0.5) is 0 Å². The van der Waals surface area contributed by atoms with E-state index < -0.39 is 0 Å². The second-order valence-corrected chi connectivity index (χ2v) is 5.22. The Labute approximate surface area is 88.3 Å². The van der Waals surface area contributed by atoms with Gasteiger partial charge in [-0.3, -0.25) is 4.79 Å². The van der Waals surface area contributed by atoms with Gasteiger partial charge in [-0.05, 0) is 18.3 Å². The number of Topliss-reactive ketones (excluding diaryl/α,β-unsaturated/α-hetero) is 1. The van der Waals surface area contributed by atoms with Gasteiger partial charge in [-0.2, -0.15) is 0 Å². The quantitative estimate of drug-likeness (QED) is 0.714. The van der Waals surface area contributed by atoms with E-state index in [-0.39, 0.29) is 17.7 Å². The molecule has 0 aromatic carbocycles. The summed E-state index contributed by atoms with van der Waals surface area (Å²) in [6.07, 6.45) is 2.98. The van der Waals surface area contributed by atoms with Crippen LogP contribution in [-0.2, 0) is 4.79 Å². The maximum Gasteiger partial charge on any atom is 0.152 e. The van der Waals surface area contributed by atoms with E-state index in [1.165, 1.54) is 0 Å². The Bertz CT molecular complexity index is 185. The molecule has 0 bridgehead atoms. The van der Waals surface area contributed by atoms with E-state index in [1.54, 1.807) is 0 Å². The Morgan fingerprint density at radius 1 is 1.36 bits per heavy atom. The van der Waals surface area contributed by atoms with E-state index in [2.05, 4.69) is 20.8 Å². The van der Waals surface area contributed by atoms with Gasteiger partial charge in [-0.25, -0.2) is 0 Å². The van der Waals surface area contributed by atoms with Crippen LogP contribution in [0.1, 0.15) is 53.9 Å². The molecule has 0 aliphatic rings. The van der Waals surface area contributed by atoms with Crippen LogP contribution < -0.4 is 5.73 Å². The van der Waals surface area contributed by atoms with Crippen molar-refractivity contribution in [1.29, 1.82) is 0 Å². The van der Waals surface area contributed by atoms with Gasteiger partial charge in [0.2, 0.25) is 0 Å². The lowest BCUT2D eigenvalue weighted by Crippen LogP contribution is -2.34. The summed E-state index contributed by atoms with van der Waals surface area (Å²) in [5, 5.41) is 0. The fourth-order valence-corrected chi connectivity index (χ4v) is 1.29. The minimum Gasteiger partial charge on any atom is -0.321 e. The van der Waals surface area contributed by atoms with Crippen LogP contribution in [0.2, 0.25) is 0 Å². The monoisotopic (exact) mass is 199 g/mol. The minimum atomic E-state index is -0.263. The molecule has 84 valence electrons. The first-order valence-corrected chi connectivity index (χ1v) is 5.59. The number of nitrogens with two attached hydrogens (primary N) is 1. The second kappa shape index (κ2) is 5.50. The largest absolute Gasteiger partial charge is 0.321 e. The SMILES string of the molecule is CCC(C)(C)CCC(N)C(=O)C(C)C. The van der Waals surface area contributed by atoms with Crippen LogP contribution >= 0.6 is 0 Å². The van der Waals surface area contributed by atoms with Crippen LogP contribution in [-0.4, -0.2) is 11.8 Å². The van der Waals surface area contributed by atoms with E-state index in [0.29, 0.717) is 5.41 Å². The van der Waals surface area contributed by atoms with Crippen molar-refractivity contribution >= 4 is 5.78 Å². The maximum absolute atomic E-state index is 11.5. The van der Waals surface area contributed by atoms with Crippen molar-refractivity contribution < 1.29 is 4.79 Å². The molecule has 0 aromatic rings. The summed E-state index contributed by atoms with van der Waals surface area (Å²) in [4.78, 5) is 11.5. The summed E-state index contributed by atoms with van der Waals surface area (Å²) >= 11 is 0. The number of rotatable bonds is 6. The maximum atomic E-state index is 11.5. The molecular weight excluding hydrogens is 174 g/mol. The molecule has 1 atom stereocenters. The lowest BCUT2D eigenvalue weighted by Gasteiger charge is -2.24. The van der Waals surface area contributed by atoms with Gasteiger partial charge in [-0.15, -0.1) is 0 Å². The minimum absolute atomic E-state index is 0.0646. The standard InChI is InChI=1S/C12H25NO/c1-6-12(4,5)8-7-10(13)11(14)9(2)3/h9-10H,6-8,13H2,1-5H3. The molecule has 0 radical (unpaired) electrons. The van der Waals surface area contributed by atoms with E-state index in [0.717, 1.165) is 19.3 Å². The number of hydrogen-bond acceptors (Lipinski definition) is 2. The van der Waals surface area contributed by atoms with Crippen molar-refractivity contribution in [3.8, 4) is 0 Å². The number of hydrogen-bond donors (Lipinski definition) is 1. The van der Waals surface area contributed by atoms with Gasteiger partial charge in [0.05, 0.1) is 6.04 Å². The predicted octanol–water partition coefficient (Wildman–Crippen LogP) is 2.76. The topological polar surface area (TPSA) is 43.1 Å². The second-order valence-electron chi connectivity index (χ2n) is 5.22. The molecule has 14 heavy (non-hydrogen) atoms. The molecule has 0 aromatic heterocycles. The van der Waals surface area contributed by atoms with Gasteiger partial charge in [0.25, 0.3) is 0 Å². The summed E-state index contributed by atoms with van der Waals surface area (Å²) in [5.41, 5.74) is 6.14.